The van der Waals surface area contributed by atoms with E-state index in [1.165, 1.54) is 37.0 Å². The average Bonchev–Trinajstić information content (AvgIpc) is 3.29. The average molecular weight is 446 g/mol. The first kappa shape index (κ1) is 25.3. The summed E-state index contributed by atoms with van der Waals surface area (Å²) in [5.41, 5.74) is 1.88. The Morgan fingerprint density at radius 1 is 1.23 bits per heavy atom. The van der Waals surface area contributed by atoms with Gasteiger partial charge in [0, 0.05) is 19.6 Å². The quantitative estimate of drug-likeness (QED) is 0.474. The Kier molecular flexibility index (Phi) is 11.0. The van der Waals surface area contributed by atoms with Crippen LogP contribution in [0.5, 0.6) is 0 Å². The number of hydrogen-bond acceptors (Lipinski definition) is 5. The van der Waals surface area contributed by atoms with Crippen molar-refractivity contribution in [3.8, 4) is 0 Å². The van der Waals surface area contributed by atoms with Gasteiger partial charge in [-0.25, -0.2) is 4.98 Å². The number of carbonyl (C=O) groups is 1. The van der Waals surface area contributed by atoms with Crippen molar-refractivity contribution in [2.75, 3.05) is 33.3 Å². The molecule has 2 fully saturated rings. The molecule has 0 spiro atoms. The molecule has 6 heteroatoms. The molecule has 3 rings (SSSR count). The summed E-state index contributed by atoms with van der Waals surface area (Å²) in [7, 11) is 1.66. The number of methoxy groups -OCH3 is 1. The van der Waals surface area contributed by atoms with Crippen LogP contribution >= 0.6 is 11.3 Å². The van der Waals surface area contributed by atoms with Crippen molar-refractivity contribution in [1.82, 2.24) is 15.2 Å². The van der Waals surface area contributed by atoms with Crippen molar-refractivity contribution in [2.45, 2.75) is 59.8 Å². The lowest BCUT2D eigenvalue weighted by Crippen LogP contribution is -2.34. The lowest BCUT2D eigenvalue weighted by molar-refractivity contribution is 0.0770. The van der Waals surface area contributed by atoms with Gasteiger partial charge in [-0.1, -0.05) is 44.8 Å². The molecule has 172 valence electrons. The van der Waals surface area contributed by atoms with E-state index in [0.717, 1.165) is 65.4 Å². The second-order valence-corrected chi connectivity index (χ2v) is 9.35. The Morgan fingerprint density at radius 3 is 2.58 bits per heavy atom. The van der Waals surface area contributed by atoms with Gasteiger partial charge in [0.05, 0.1) is 12.8 Å². The molecule has 1 N–H and O–H groups in total. The summed E-state index contributed by atoms with van der Waals surface area (Å²) in [6.07, 6.45) is 14.7. The summed E-state index contributed by atoms with van der Waals surface area (Å²) < 4.78 is 5.36. The summed E-state index contributed by atoms with van der Waals surface area (Å²) in [6.45, 7) is 11.6. The van der Waals surface area contributed by atoms with Crippen molar-refractivity contribution in [1.29, 1.82) is 0 Å². The fraction of sp³-hybridized carbons (Fsp3) is 0.600. The summed E-state index contributed by atoms with van der Waals surface area (Å²) in [4.78, 5) is 19.9. The zero-order valence-electron chi connectivity index (χ0n) is 19.9. The Bertz CT molecular complexity index is 781. The molecule has 1 amide bonds. The predicted octanol–water partition coefficient (Wildman–Crippen LogP) is 5.59. The highest BCUT2D eigenvalue weighted by atomic mass is 32.1. The van der Waals surface area contributed by atoms with E-state index in [-0.39, 0.29) is 5.91 Å². The molecule has 0 unspecified atom stereocenters. The molecule has 1 aliphatic carbocycles. The van der Waals surface area contributed by atoms with E-state index < -0.39 is 0 Å². The standard InChI is InChI=1S/C19H27N3O2S.C6H12/c1-5-14(2)16(24-4)8-6-9-17-21-15(3)18(25-17)19(23)22-12-7-10-20-11-13-22;1-6-4-2-3-5-6/h5-6,8-9,20H,7,10-13H2,1-4H3;6H,2-5H2,1H3/b9-6+,14-5-,16-8+;. The van der Waals surface area contributed by atoms with Crippen LogP contribution in [-0.4, -0.2) is 49.1 Å². The predicted molar refractivity (Wildman–Crippen MR) is 131 cm³/mol. The Morgan fingerprint density at radius 2 is 1.97 bits per heavy atom. The molecule has 2 aliphatic rings. The van der Waals surface area contributed by atoms with E-state index in [2.05, 4.69) is 17.2 Å². The number of amides is 1. The zero-order valence-corrected chi connectivity index (χ0v) is 20.7. The van der Waals surface area contributed by atoms with E-state index in [1.54, 1.807) is 7.11 Å². The number of thiazole rings is 1. The summed E-state index contributed by atoms with van der Waals surface area (Å²) in [6, 6.07) is 0. The zero-order chi connectivity index (χ0) is 22.6. The fourth-order valence-electron chi connectivity index (χ4n) is 3.73. The van der Waals surface area contributed by atoms with E-state index in [0.29, 0.717) is 0 Å². The van der Waals surface area contributed by atoms with E-state index in [1.807, 2.05) is 50.0 Å². The van der Waals surface area contributed by atoms with Crippen LogP contribution in [0.3, 0.4) is 0 Å². The number of allylic oxidation sites excluding steroid dienone is 4. The number of rotatable bonds is 5. The lowest BCUT2D eigenvalue weighted by atomic mass is 10.2. The summed E-state index contributed by atoms with van der Waals surface area (Å²) in [5, 5.41) is 4.15. The molecule has 0 radical (unpaired) electrons. The van der Waals surface area contributed by atoms with Gasteiger partial charge in [-0.15, -0.1) is 11.3 Å². The highest BCUT2D eigenvalue weighted by Crippen LogP contribution is 2.23. The monoisotopic (exact) mass is 445 g/mol. The first-order chi connectivity index (χ1) is 15.0. The molecule has 1 aromatic rings. The Hall–Kier alpha value is -1.92. The Balaban J connectivity index is 0.000000488. The minimum Gasteiger partial charge on any atom is -0.497 e. The first-order valence-corrected chi connectivity index (χ1v) is 12.3. The molecular formula is C25H39N3O2S. The molecule has 0 aromatic carbocycles. The third kappa shape index (κ3) is 8.26. The van der Waals surface area contributed by atoms with Gasteiger partial charge >= 0.3 is 0 Å². The number of nitrogens with one attached hydrogen (secondary N) is 1. The van der Waals surface area contributed by atoms with Crippen LogP contribution < -0.4 is 5.32 Å². The third-order valence-electron chi connectivity index (χ3n) is 5.81. The van der Waals surface area contributed by atoms with Gasteiger partial charge in [0.25, 0.3) is 5.91 Å². The van der Waals surface area contributed by atoms with E-state index >= 15 is 0 Å². The van der Waals surface area contributed by atoms with Gasteiger partial charge in [-0.05, 0) is 57.4 Å². The maximum absolute atomic E-state index is 12.7. The Labute approximate surface area is 192 Å². The number of nitrogens with zero attached hydrogens (tertiary/aromatic N) is 2. The molecule has 2 heterocycles. The number of carbonyl (C=O) groups excluding carboxylic acids is 1. The highest BCUT2D eigenvalue weighted by Gasteiger charge is 2.21. The second kappa shape index (κ2) is 13.5. The van der Waals surface area contributed by atoms with E-state index in [9.17, 15) is 4.79 Å². The molecule has 5 nitrogen and oxygen atoms in total. The fourth-order valence-corrected chi connectivity index (χ4v) is 4.68. The van der Waals surface area contributed by atoms with Crippen molar-refractivity contribution in [3.05, 3.63) is 45.1 Å². The van der Waals surface area contributed by atoms with Crippen LogP contribution in [0, 0.1) is 12.8 Å². The molecule has 1 aliphatic heterocycles. The smallest absolute Gasteiger partial charge is 0.265 e. The normalized spacial score (nSPS) is 18.7. The van der Waals surface area contributed by atoms with Crippen LogP contribution in [0.2, 0.25) is 0 Å². The lowest BCUT2D eigenvalue weighted by Gasteiger charge is -2.19. The minimum absolute atomic E-state index is 0.0937. The van der Waals surface area contributed by atoms with Gasteiger partial charge in [0.1, 0.15) is 15.6 Å². The molecule has 1 saturated carbocycles. The summed E-state index contributed by atoms with van der Waals surface area (Å²) >= 11 is 1.45. The largest absolute Gasteiger partial charge is 0.497 e. The second-order valence-electron chi connectivity index (χ2n) is 8.32. The first-order valence-electron chi connectivity index (χ1n) is 11.5. The number of aromatic nitrogens is 1. The maximum atomic E-state index is 12.7. The molecule has 1 aromatic heterocycles. The maximum Gasteiger partial charge on any atom is 0.265 e. The van der Waals surface area contributed by atoms with Crippen molar-refractivity contribution in [3.63, 3.8) is 0 Å². The van der Waals surface area contributed by atoms with Crippen molar-refractivity contribution < 1.29 is 9.53 Å². The van der Waals surface area contributed by atoms with E-state index in [4.69, 9.17) is 4.74 Å². The SMILES string of the molecule is CC1CCCC1.C\C=C(C)/C(=C\C=C\c1nc(C)c(C(=O)N2CCCNCC2)s1)OC. The van der Waals surface area contributed by atoms with Gasteiger partial charge in [-0.2, -0.15) is 0 Å². The molecule has 0 bridgehead atoms. The van der Waals surface area contributed by atoms with Crippen molar-refractivity contribution >= 4 is 23.3 Å². The van der Waals surface area contributed by atoms with Gasteiger partial charge in [0.15, 0.2) is 0 Å². The third-order valence-corrected chi connectivity index (χ3v) is 6.92. The molecule has 31 heavy (non-hydrogen) atoms. The number of ether oxygens (including phenoxy) is 1. The highest BCUT2D eigenvalue weighted by molar-refractivity contribution is 7.14. The van der Waals surface area contributed by atoms with Crippen LogP contribution in [0.4, 0.5) is 0 Å². The van der Waals surface area contributed by atoms with Crippen LogP contribution in [0.25, 0.3) is 6.08 Å². The topological polar surface area (TPSA) is 54.5 Å². The molecule has 0 atom stereocenters. The van der Waals surface area contributed by atoms with Crippen LogP contribution in [0.15, 0.2) is 29.6 Å². The summed E-state index contributed by atoms with van der Waals surface area (Å²) in [5.74, 6) is 1.96. The van der Waals surface area contributed by atoms with Crippen LogP contribution in [-0.2, 0) is 4.74 Å². The van der Waals surface area contributed by atoms with Gasteiger partial charge in [-0.3, -0.25) is 4.79 Å². The van der Waals surface area contributed by atoms with Crippen LogP contribution in [0.1, 0.15) is 73.2 Å². The molecule has 1 saturated heterocycles. The number of hydrogen-bond donors (Lipinski definition) is 1. The molecular weight excluding hydrogens is 406 g/mol. The minimum atomic E-state index is 0.0937. The van der Waals surface area contributed by atoms with Gasteiger partial charge < -0.3 is 15.0 Å². The van der Waals surface area contributed by atoms with Crippen molar-refractivity contribution in [2.24, 2.45) is 5.92 Å². The number of aryl methyl sites for hydroxylation is 1. The van der Waals surface area contributed by atoms with Gasteiger partial charge in [0.2, 0.25) is 0 Å².